The number of halogens is 1. The van der Waals surface area contributed by atoms with Crippen molar-refractivity contribution in [2.24, 2.45) is 5.92 Å². The van der Waals surface area contributed by atoms with E-state index >= 15 is 0 Å². The van der Waals surface area contributed by atoms with Crippen molar-refractivity contribution >= 4 is 33.2 Å². The normalized spacial score (nSPS) is 17.2. The maximum Gasteiger partial charge on any atom is 0.243 e. The minimum atomic E-state index is -3.68. The van der Waals surface area contributed by atoms with Gasteiger partial charge in [-0.2, -0.15) is 0 Å². The summed E-state index contributed by atoms with van der Waals surface area (Å²) < 4.78 is 30.9. The predicted molar refractivity (Wildman–Crippen MR) is 113 cm³/mol. The third kappa shape index (κ3) is 5.99. The molecule has 28 heavy (non-hydrogen) atoms. The number of piperidine rings is 1. The molecule has 1 fully saturated rings. The number of carbonyl (C=O) groups is 1. The maximum atomic E-state index is 12.6. The first kappa shape index (κ1) is 22.8. The van der Waals surface area contributed by atoms with Crippen LogP contribution < -0.4 is 14.4 Å². The zero-order valence-corrected chi connectivity index (χ0v) is 18.5. The number of amides is 1. The number of methoxy groups -OCH3 is 1. The molecule has 0 aromatic heterocycles. The second-order valence-corrected chi connectivity index (χ2v) is 9.65. The lowest BCUT2D eigenvalue weighted by Crippen LogP contribution is -2.48. The fourth-order valence-corrected chi connectivity index (χ4v) is 4.92. The molecule has 0 unspecified atom stereocenters. The van der Waals surface area contributed by atoms with Crippen LogP contribution in [-0.2, 0) is 14.8 Å². The van der Waals surface area contributed by atoms with Crippen molar-refractivity contribution in [3.8, 4) is 5.75 Å². The SMILES string of the molecule is COc1ccc(N([C@@H](C)C(=O)NCCC2CCN(C)CC2)S(C)(=O)=O)cc1Cl. The van der Waals surface area contributed by atoms with E-state index in [4.69, 9.17) is 16.3 Å². The van der Waals surface area contributed by atoms with Gasteiger partial charge in [-0.3, -0.25) is 9.10 Å². The Morgan fingerprint density at radius 1 is 1.39 bits per heavy atom. The summed E-state index contributed by atoms with van der Waals surface area (Å²) >= 11 is 6.14. The van der Waals surface area contributed by atoms with E-state index in [1.54, 1.807) is 19.1 Å². The summed E-state index contributed by atoms with van der Waals surface area (Å²) in [4.78, 5) is 14.9. The Morgan fingerprint density at radius 3 is 2.57 bits per heavy atom. The second kappa shape index (κ2) is 9.80. The highest BCUT2D eigenvalue weighted by Gasteiger charge is 2.29. The van der Waals surface area contributed by atoms with Crippen LogP contribution in [0.15, 0.2) is 18.2 Å². The molecule has 0 saturated carbocycles. The average Bonchev–Trinajstić information content (AvgIpc) is 2.62. The maximum absolute atomic E-state index is 12.6. The molecule has 0 spiro atoms. The molecule has 7 nitrogen and oxygen atoms in total. The number of rotatable bonds is 8. The summed E-state index contributed by atoms with van der Waals surface area (Å²) in [6, 6.07) is 3.76. The highest BCUT2D eigenvalue weighted by Crippen LogP contribution is 2.31. The molecule has 1 saturated heterocycles. The van der Waals surface area contributed by atoms with Crippen LogP contribution in [0, 0.1) is 5.92 Å². The van der Waals surface area contributed by atoms with Gasteiger partial charge in [0.05, 0.1) is 24.1 Å². The Bertz CT molecular complexity index is 779. The first-order chi connectivity index (χ1) is 13.1. The topological polar surface area (TPSA) is 79.0 Å². The second-order valence-electron chi connectivity index (χ2n) is 7.38. The fraction of sp³-hybridized carbons (Fsp3) is 0.632. The van der Waals surface area contributed by atoms with Gasteiger partial charge in [-0.15, -0.1) is 0 Å². The van der Waals surface area contributed by atoms with Crippen LogP contribution in [0.3, 0.4) is 0 Å². The van der Waals surface area contributed by atoms with Crippen LogP contribution in [0.2, 0.25) is 5.02 Å². The molecule has 1 aliphatic rings. The van der Waals surface area contributed by atoms with Crippen molar-refractivity contribution in [1.29, 1.82) is 0 Å². The summed E-state index contributed by atoms with van der Waals surface area (Å²) in [6.45, 7) is 4.27. The van der Waals surface area contributed by atoms with Gasteiger partial charge < -0.3 is 15.0 Å². The van der Waals surface area contributed by atoms with E-state index in [0.717, 1.165) is 42.9 Å². The molecule has 0 aliphatic carbocycles. The Labute approximate surface area is 173 Å². The smallest absolute Gasteiger partial charge is 0.243 e. The molecule has 0 radical (unpaired) electrons. The summed E-state index contributed by atoms with van der Waals surface area (Å²) in [6.07, 6.45) is 4.23. The molecule has 1 aliphatic heterocycles. The summed E-state index contributed by atoms with van der Waals surface area (Å²) in [5, 5.41) is 3.17. The molecule has 1 heterocycles. The van der Waals surface area contributed by atoms with Gasteiger partial charge >= 0.3 is 0 Å². The molecule has 1 N–H and O–H groups in total. The number of hydrogen-bond acceptors (Lipinski definition) is 5. The minimum absolute atomic E-state index is 0.281. The van der Waals surface area contributed by atoms with Gasteiger partial charge in [-0.1, -0.05) is 11.6 Å². The van der Waals surface area contributed by atoms with Gasteiger partial charge in [0.25, 0.3) is 0 Å². The largest absolute Gasteiger partial charge is 0.495 e. The number of hydrogen-bond donors (Lipinski definition) is 1. The number of anilines is 1. The summed E-state index contributed by atoms with van der Waals surface area (Å²) in [7, 11) is -0.0849. The molecule has 1 amide bonds. The first-order valence-electron chi connectivity index (χ1n) is 9.42. The average molecular weight is 432 g/mol. The lowest BCUT2D eigenvalue weighted by molar-refractivity contribution is -0.121. The van der Waals surface area contributed by atoms with Gasteiger partial charge in [-0.25, -0.2) is 8.42 Å². The van der Waals surface area contributed by atoms with Crippen LogP contribution in [-0.4, -0.2) is 65.3 Å². The lowest BCUT2D eigenvalue weighted by Gasteiger charge is -2.30. The quantitative estimate of drug-likeness (QED) is 0.683. The number of likely N-dealkylation sites (tertiary alicyclic amines) is 1. The molecular weight excluding hydrogens is 402 g/mol. The van der Waals surface area contributed by atoms with Gasteiger partial charge in [-0.05, 0) is 70.4 Å². The molecule has 1 aromatic rings. The van der Waals surface area contributed by atoms with Crippen LogP contribution in [0.5, 0.6) is 5.75 Å². The van der Waals surface area contributed by atoms with Crippen molar-refractivity contribution in [3.05, 3.63) is 23.2 Å². The third-order valence-electron chi connectivity index (χ3n) is 5.17. The van der Waals surface area contributed by atoms with Crippen molar-refractivity contribution in [3.63, 3.8) is 0 Å². The monoisotopic (exact) mass is 431 g/mol. The van der Waals surface area contributed by atoms with Crippen LogP contribution >= 0.6 is 11.6 Å². The highest BCUT2D eigenvalue weighted by atomic mass is 35.5. The number of benzene rings is 1. The van der Waals surface area contributed by atoms with Crippen molar-refractivity contribution < 1.29 is 17.9 Å². The van der Waals surface area contributed by atoms with E-state index in [2.05, 4.69) is 17.3 Å². The van der Waals surface area contributed by atoms with Gasteiger partial charge in [0, 0.05) is 6.54 Å². The number of nitrogens with one attached hydrogen (secondary N) is 1. The number of carbonyl (C=O) groups excluding carboxylic acids is 1. The minimum Gasteiger partial charge on any atom is -0.495 e. The number of nitrogens with zero attached hydrogens (tertiary/aromatic N) is 2. The summed E-state index contributed by atoms with van der Waals surface area (Å²) in [5.41, 5.74) is 0.325. The van der Waals surface area contributed by atoms with Gasteiger partial charge in [0.2, 0.25) is 15.9 Å². The van der Waals surface area contributed by atoms with E-state index in [1.165, 1.54) is 13.2 Å². The molecule has 1 aromatic carbocycles. The van der Waals surface area contributed by atoms with Crippen LogP contribution in [0.25, 0.3) is 0 Å². The third-order valence-corrected chi connectivity index (χ3v) is 6.71. The molecule has 1 atom stereocenters. The molecule has 2 rings (SSSR count). The predicted octanol–water partition coefficient (Wildman–Crippen LogP) is 2.35. The van der Waals surface area contributed by atoms with E-state index < -0.39 is 16.1 Å². The van der Waals surface area contributed by atoms with Crippen molar-refractivity contribution in [2.75, 3.05) is 44.4 Å². The standard InChI is InChI=1S/C19H30ClN3O4S/c1-14(19(24)21-10-7-15-8-11-22(2)12-9-15)23(28(4,25)26)16-5-6-18(27-3)17(20)13-16/h5-6,13-15H,7-12H2,1-4H3,(H,21,24)/t14-/m0/s1. The van der Waals surface area contributed by atoms with Crippen molar-refractivity contribution in [1.82, 2.24) is 10.2 Å². The zero-order valence-electron chi connectivity index (χ0n) is 16.9. The Morgan fingerprint density at radius 2 is 2.04 bits per heavy atom. The van der Waals surface area contributed by atoms with E-state index in [9.17, 15) is 13.2 Å². The van der Waals surface area contributed by atoms with E-state index in [-0.39, 0.29) is 10.9 Å². The molecular formula is C19H30ClN3O4S. The highest BCUT2D eigenvalue weighted by molar-refractivity contribution is 7.92. The lowest BCUT2D eigenvalue weighted by atomic mass is 9.94. The first-order valence-corrected chi connectivity index (χ1v) is 11.6. The molecule has 9 heteroatoms. The zero-order chi connectivity index (χ0) is 20.9. The van der Waals surface area contributed by atoms with Crippen LogP contribution in [0.1, 0.15) is 26.2 Å². The van der Waals surface area contributed by atoms with Gasteiger partial charge in [0.1, 0.15) is 11.8 Å². The number of sulfonamides is 1. The Hall–Kier alpha value is -1.51. The number of ether oxygens (including phenoxy) is 1. The fourth-order valence-electron chi connectivity index (χ4n) is 3.50. The molecule has 158 valence electrons. The summed E-state index contributed by atoms with van der Waals surface area (Å²) in [5.74, 6) is 0.706. The Balaban J connectivity index is 2.03. The van der Waals surface area contributed by atoms with Gasteiger partial charge in [0.15, 0.2) is 0 Å². The van der Waals surface area contributed by atoms with Crippen molar-refractivity contribution in [2.45, 2.75) is 32.2 Å². The Kier molecular flexibility index (Phi) is 7.97. The molecule has 0 bridgehead atoms. The van der Waals surface area contributed by atoms with E-state index in [1.807, 2.05) is 0 Å². The van der Waals surface area contributed by atoms with E-state index in [0.29, 0.717) is 23.9 Å². The van der Waals surface area contributed by atoms with Crippen LogP contribution in [0.4, 0.5) is 5.69 Å².